The van der Waals surface area contributed by atoms with Crippen LogP contribution in [0.2, 0.25) is 0 Å². The van der Waals surface area contributed by atoms with E-state index in [1.807, 2.05) is 6.07 Å². The van der Waals surface area contributed by atoms with E-state index in [9.17, 15) is 4.79 Å². The van der Waals surface area contributed by atoms with Gasteiger partial charge in [-0.05, 0) is 24.6 Å². The molecule has 4 nitrogen and oxygen atoms in total. The Morgan fingerprint density at radius 2 is 1.78 bits per heavy atom. The Labute approximate surface area is 142 Å². The molecule has 0 atom stereocenters. The summed E-state index contributed by atoms with van der Waals surface area (Å²) in [6, 6.07) is 12.1. The van der Waals surface area contributed by atoms with Gasteiger partial charge in [-0.2, -0.15) is 5.10 Å². The molecule has 0 saturated carbocycles. The fraction of sp³-hybridized carbons (Fsp3) is 0.389. The lowest BCUT2D eigenvalue weighted by Gasteiger charge is -2.16. The van der Waals surface area contributed by atoms with Crippen LogP contribution >= 0.6 is 11.8 Å². The molecule has 0 saturated heterocycles. The molecule has 0 radical (unpaired) electrons. The lowest BCUT2D eigenvalue weighted by Crippen LogP contribution is -2.18. The number of thioether (sulfide) groups is 1. The number of nitrogens with one attached hydrogen (secondary N) is 1. The number of hydrogen-bond acceptors (Lipinski definition) is 4. The van der Waals surface area contributed by atoms with E-state index in [0.717, 1.165) is 11.4 Å². The minimum absolute atomic E-state index is 0.0422. The third-order valence-electron chi connectivity index (χ3n) is 3.32. The van der Waals surface area contributed by atoms with Crippen molar-refractivity contribution in [2.45, 2.75) is 38.9 Å². The van der Waals surface area contributed by atoms with Gasteiger partial charge in [0.15, 0.2) is 5.82 Å². The maximum absolute atomic E-state index is 11.9. The van der Waals surface area contributed by atoms with Crippen LogP contribution in [-0.4, -0.2) is 21.9 Å². The number of aromatic nitrogens is 2. The first-order valence-corrected chi connectivity index (χ1v) is 8.77. The van der Waals surface area contributed by atoms with E-state index in [-0.39, 0.29) is 11.3 Å². The van der Waals surface area contributed by atoms with Crippen LogP contribution in [-0.2, 0) is 16.0 Å². The van der Waals surface area contributed by atoms with Crippen molar-refractivity contribution in [3.8, 4) is 0 Å². The fourth-order valence-electron chi connectivity index (χ4n) is 1.92. The second kappa shape index (κ2) is 7.59. The summed E-state index contributed by atoms with van der Waals surface area (Å²) in [5.41, 5.74) is 3.33. The minimum Gasteiger partial charge on any atom is -0.308 e. The van der Waals surface area contributed by atoms with Crippen molar-refractivity contribution in [1.29, 1.82) is 0 Å². The normalized spacial score (nSPS) is 11.3. The van der Waals surface area contributed by atoms with Gasteiger partial charge in [-0.25, -0.2) is 0 Å². The summed E-state index contributed by atoms with van der Waals surface area (Å²) in [5, 5.41) is 11.0. The zero-order valence-corrected chi connectivity index (χ0v) is 14.9. The molecule has 1 N–H and O–H groups in total. The number of benzene rings is 1. The highest BCUT2D eigenvalue weighted by Crippen LogP contribution is 2.19. The van der Waals surface area contributed by atoms with Crippen molar-refractivity contribution in [2.75, 3.05) is 11.1 Å². The number of amides is 1. The van der Waals surface area contributed by atoms with Gasteiger partial charge in [-0.15, -0.1) is 16.9 Å². The zero-order valence-electron chi connectivity index (χ0n) is 14.1. The average Bonchev–Trinajstić information content (AvgIpc) is 2.49. The van der Waals surface area contributed by atoms with Crippen LogP contribution in [0.5, 0.6) is 0 Å². The molecule has 1 heterocycles. The molecule has 122 valence electrons. The van der Waals surface area contributed by atoms with Gasteiger partial charge in [-0.1, -0.05) is 50.6 Å². The molecule has 0 unspecified atom stereocenters. The summed E-state index contributed by atoms with van der Waals surface area (Å²) >= 11 is 1.59. The van der Waals surface area contributed by atoms with E-state index < -0.39 is 0 Å². The first kappa shape index (κ1) is 17.5. The highest BCUT2D eigenvalue weighted by molar-refractivity contribution is 7.99. The summed E-state index contributed by atoms with van der Waals surface area (Å²) < 4.78 is 0. The molecule has 0 spiro atoms. The van der Waals surface area contributed by atoms with Crippen LogP contribution < -0.4 is 5.32 Å². The summed E-state index contributed by atoms with van der Waals surface area (Å²) in [7, 11) is 0. The Balaban J connectivity index is 1.79. The van der Waals surface area contributed by atoms with E-state index in [4.69, 9.17) is 0 Å². The maximum atomic E-state index is 11.9. The predicted octanol–water partition coefficient (Wildman–Crippen LogP) is 3.95. The molecule has 0 fully saturated rings. The van der Waals surface area contributed by atoms with Crippen molar-refractivity contribution in [1.82, 2.24) is 10.2 Å². The molecule has 2 rings (SSSR count). The highest BCUT2D eigenvalue weighted by Gasteiger charge is 2.16. The summed E-state index contributed by atoms with van der Waals surface area (Å²) in [6.45, 7) is 8.31. The highest BCUT2D eigenvalue weighted by atomic mass is 32.2. The van der Waals surface area contributed by atoms with Crippen molar-refractivity contribution in [2.24, 2.45) is 0 Å². The van der Waals surface area contributed by atoms with Crippen LogP contribution in [0.3, 0.4) is 0 Å². The first-order valence-electron chi connectivity index (χ1n) is 7.62. The molecular weight excluding hydrogens is 306 g/mol. The molecule has 0 aliphatic carbocycles. The molecular formula is C18H23N3OS. The van der Waals surface area contributed by atoms with Crippen LogP contribution in [0.25, 0.3) is 0 Å². The van der Waals surface area contributed by atoms with E-state index in [1.54, 1.807) is 17.8 Å². The summed E-state index contributed by atoms with van der Waals surface area (Å²) in [6.07, 6.45) is 0. The molecule has 0 aliphatic rings. The van der Waals surface area contributed by atoms with E-state index in [2.05, 4.69) is 67.5 Å². The molecule has 1 aromatic heterocycles. The van der Waals surface area contributed by atoms with Crippen LogP contribution in [0, 0.1) is 6.92 Å². The summed E-state index contributed by atoms with van der Waals surface area (Å²) in [5.74, 6) is 1.66. The Hall–Kier alpha value is -1.88. The van der Waals surface area contributed by atoms with Gasteiger partial charge in [0.2, 0.25) is 5.91 Å². The second-order valence-electron chi connectivity index (χ2n) is 6.58. The number of hydrogen-bond donors (Lipinski definition) is 1. The quantitative estimate of drug-likeness (QED) is 0.902. The summed E-state index contributed by atoms with van der Waals surface area (Å²) in [4.78, 5) is 11.9. The number of nitrogens with zero attached hydrogens (tertiary/aromatic N) is 2. The molecule has 5 heteroatoms. The Kier molecular flexibility index (Phi) is 5.77. The van der Waals surface area contributed by atoms with Gasteiger partial charge >= 0.3 is 0 Å². The smallest absolute Gasteiger partial charge is 0.235 e. The SMILES string of the molecule is Cc1ccc(CSCC(=O)Nc2ccc(C(C)(C)C)nn2)cc1. The largest absolute Gasteiger partial charge is 0.308 e. The van der Waals surface area contributed by atoms with Crippen molar-refractivity contribution in [3.05, 3.63) is 53.2 Å². The number of carbonyl (C=O) groups is 1. The maximum Gasteiger partial charge on any atom is 0.235 e. The predicted molar refractivity (Wildman–Crippen MR) is 96.7 cm³/mol. The lowest BCUT2D eigenvalue weighted by molar-refractivity contribution is -0.113. The number of aryl methyl sites for hydroxylation is 1. The van der Waals surface area contributed by atoms with Gasteiger partial charge in [0.05, 0.1) is 11.4 Å². The molecule has 0 aliphatic heterocycles. The van der Waals surface area contributed by atoms with Crippen molar-refractivity contribution < 1.29 is 4.79 Å². The topological polar surface area (TPSA) is 54.9 Å². The molecule has 0 bridgehead atoms. The Bertz CT molecular complexity index is 645. The van der Waals surface area contributed by atoms with Crippen LogP contribution in [0.4, 0.5) is 5.82 Å². The van der Waals surface area contributed by atoms with Gasteiger partial charge in [0, 0.05) is 11.2 Å². The zero-order chi connectivity index (χ0) is 16.9. The molecule has 1 amide bonds. The van der Waals surface area contributed by atoms with Crippen molar-refractivity contribution in [3.63, 3.8) is 0 Å². The van der Waals surface area contributed by atoms with Crippen molar-refractivity contribution >= 4 is 23.5 Å². The molecule has 23 heavy (non-hydrogen) atoms. The van der Waals surface area contributed by atoms with Gasteiger partial charge in [0.1, 0.15) is 0 Å². The first-order chi connectivity index (χ1) is 10.8. The average molecular weight is 329 g/mol. The van der Waals surface area contributed by atoms with E-state index >= 15 is 0 Å². The number of rotatable bonds is 5. The van der Waals surface area contributed by atoms with Gasteiger partial charge in [0.25, 0.3) is 0 Å². The van der Waals surface area contributed by atoms with Gasteiger partial charge < -0.3 is 5.32 Å². The molecule has 1 aromatic carbocycles. The number of anilines is 1. The third-order valence-corrected chi connectivity index (χ3v) is 4.33. The van der Waals surface area contributed by atoms with Crippen LogP contribution in [0.1, 0.15) is 37.6 Å². The van der Waals surface area contributed by atoms with E-state index in [1.165, 1.54) is 11.1 Å². The third kappa shape index (κ3) is 5.67. The monoisotopic (exact) mass is 329 g/mol. The van der Waals surface area contributed by atoms with E-state index in [0.29, 0.717) is 11.6 Å². The van der Waals surface area contributed by atoms with Gasteiger partial charge in [-0.3, -0.25) is 4.79 Å². The Morgan fingerprint density at radius 1 is 1.09 bits per heavy atom. The Morgan fingerprint density at radius 3 is 2.35 bits per heavy atom. The molecule has 2 aromatic rings. The minimum atomic E-state index is -0.0556. The standard InChI is InChI=1S/C18H23N3OS/c1-13-5-7-14(8-6-13)11-23-12-17(22)19-16-10-9-15(20-21-16)18(2,3)4/h5-10H,11-12H2,1-4H3,(H,19,21,22). The fourth-order valence-corrected chi connectivity index (χ4v) is 2.71. The second-order valence-corrected chi connectivity index (χ2v) is 7.57. The number of carbonyl (C=O) groups excluding carboxylic acids is 1. The van der Waals surface area contributed by atoms with Crippen LogP contribution in [0.15, 0.2) is 36.4 Å². The lowest BCUT2D eigenvalue weighted by atomic mass is 9.92.